The van der Waals surface area contributed by atoms with Crippen LogP contribution in [0.3, 0.4) is 0 Å². The number of rotatable bonds is 18. The molecule has 0 radical (unpaired) electrons. The lowest BCUT2D eigenvalue weighted by atomic mass is 9.82. The van der Waals surface area contributed by atoms with Crippen molar-refractivity contribution in [2.45, 2.75) is 127 Å². The van der Waals surface area contributed by atoms with Crippen molar-refractivity contribution in [3.05, 3.63) is 0 Å². The van der Waals surface area contributed by atoms with E-state index in [9.17, 15) is 10.2 Å². The number of aliphatic hydroxyl groups is 2. The normalized spacial score (nSPS) is 22.3. The molecular weight excluding hydrogens is 366 g/mol. The maximum Gasteiger partial charge on any atom is 0.136 e. The van der Waals surface area contributed by atoms with E-state index in [1.54, 1.807) is 0 Å². The van der Waals surface area contributed by atoms with Crippen LogP contribution in [0.25, 0.3) is 0 Å². The van der Waals surface area contributed by atoms with Gasteiger partial charge in [-0.15, -0.1) is 0 Å². The smallest absolute Gasteiger partial charge is 0.136 e. The minimum atomic E-state index is -0.342. The third kappa shape index (κ3) is 12.0. The molecule has 0 aromatic rings. The monoisotopic (exact) mass is 416 g/mol. The van der Waals surface area contributed by atoms with E-state index in [0.29, 0.717) is 5.92 Å². The summed E-state index contributed by atoms with van der Waals surface area (Å²) in [6.45, 7) is 3.42. The van der Waals surface area contributed by atoms with Crippen molar-refractivity contribution in [2.75, 3.05) is 19.4 Å². The van der Waals surface area contributed by atoms with Gasteiger partial charge in [-0.3, -0.25) is 0 Å². The second-order valence-electron chi connectivity index (χ2n) is 9.02. The number of quaternary nitrogens is 1. The lowest BCUT2D eigenvalue weighted by Crippen LogP contribution is -2.93. The number of unbranched alkanes of at least 4 members (excludes halogenated alkanes) is 11. The highest BCUT2D eigenvalue weighted by atomic mass is 32.2. The van der Waals surface area contributed by atoms with E-state index in [2.05, 4.69) is 18.5 Å². The van der Waals surface area contributed by atoms with Crippen molar-refractivity contribution in [1.29, 1.82) is 0 Å². The van der Waals surface area contributed by atoms with Gasteiger partial charge in [-0.2, -0.15) is 11.8 Å². The molecule has 0 aromatic heterocycles. The van der Waals surface area contributed by atoms with E-state index in [1.807, 2.05) is 11.8 Å². The van der Waals surface area contributed by atoms with Gasteiger partial charge < -0.3 is 15.5 Å². The van der Waals surface area contributed by atoms with Crippen LogP contribution in [0.4, 0.5) is 0 Å². The summed E-state index contributed by atoms with van der Waals surface area (Å²) in [6, 6.07) is -0.0245. The molecule has 0 amide bonds. The van der Waals surface area contributed by atoms with Gasteiger partial charge >= 0.3 is 0 Å². The average Bonchev–Trinajstić information content (AvgIpc) is 2.73. The molecule has 3 nitrogen and oxygen atoms in total. The van der Waals surface area contributed by atoms with Crippen LogP contribution in [0.5, 0.6) is 0 Å². The Balaban J connectivity index is 1.96. The molecule has 4 heteroatoms. The Labute approximate surface area is 179 Å². The SMILES string of the molecule is CCCCCCCCCCCCCC[NH2+]C(CO)C(O)C1CCC(SC)CC1. The van der Waals surface area contributed by atoms with Gasteiger partial charge in [-0.25, -0.2) is 0 Å². The fraction of sp³-hybridized carbons (Fsp3) is 1.00. The van der Waals surface area contributed by atoms with E-state index in [1.165, 1.54) is 89.9 Å². The fourth-order valence-electron chi connectivity index (χ4n) is 4.65. The summed E-state index contributed by atoms with van der Waals surface area (Å²) in [7, 11) is 0. The van der Waals surface area contributed by atoms with Crippen molar-refractivity contribution in [3.63, 3.8) is 0 Å². The Kier molecular flexibility index (Phi) is 16.9. The Morgan fingerprint density at radius 2 is 1.32 bits per heavy atom. The molecule has 2 unspecified atom stereocenters. The molecular formula is C24H50NO2S+. The number of hydrogen-bond acceptors (Lipinski definition) is 3. The third-order valence-electron chi connectivity index (χ3n) is 6.71. The average molecular weight is 417 g/mol. The highest BCUT2D eigenvalue weighted by molar-refractivity contribution is 7.99. The van der Waals surface area contributed by atoms with Crippen LogP contribution in [-0.2, 0) is 0 Å². The summed E-state index contributed by atoms with van der Waals surface area (Å²) in [4.78, 5) is 0. The summed E-state index contributed by atoms with van der Waals surface area (Å²) in [6.07, 6.45) is 23.0. The van der Waals surface area contributed by atoms with Crippen LogP contribution in [0.15, 0.2) is 0 Å². The van der Waals surface area contributed by atoms with E-state index < -0.39 is 0 Å². The predicted molar refractivity (Wildman–Crippen MR) is 124 cm³/mol. The zero-order valence-corrected chi connectivity index (χ0v) is 19.7. The Morgan fingerprint density at radius 1 is 0.821 bits per heavy atom. The van der Waals surface area contributed by atoms with Crippen LogP contribution < -0.4 is 5.32 Å². The Bertz CT molecular complexity index is 335. The maximum atomic E-state index is 10.7. The third-order valence-corrected chi connectivity index (χ3v) is 7.85. The van der Waals surface area contributed by atoms with Gasteiger partial charge in [0.15, 0.2) is 0 Å². The maximum absolute atomic E-state index is 10.7. The fourth-order valence-corrected chi connectivity index (χ4v) is 5.40. The van der Waals surface area contributed by atoms with E-state index in [0.717, 1.165) is 24.6 Å². The largest absolute Gasteiger partial charge is 0.390 e. The van der Waals surface area contributed by atoms with Crippen molar-refractivity contribution in [2.24, 2.45) is 5.92 Å². The summed E-state index contributed by atoms with van der Waals surface area (Å²) < 4.78 is 0. The highest BCUT2D eigenvalue weighted by Gasteiger charge is 2.32. The van der Waals surface area contributed by atoms with E-state index in [4.69, 9.17) is 0 Å². The first-order chi connectivity index (χ1) is 13.7. The molecule has 1 saturated carbocycles. The molecule has 0 spiro atoms. The molecule has 1 aliphatic carbocycles. The summed E-state index contributed by atoms with van der Waals surface area (Å²) in [5.41, 5.74) is 0. The van der Waals surface area contributed by atoms with Crippen molar-refractivity contribution < 1.29 is 15.5 Å². The highest BCUT2D eigenvalue weighted by Crippen LogP contribution is 2.32. The first-order valence-electron chi connectivity index (χ1n) is 12.4. The molecule has 1 fully saturated rings. The second-order valence-corrected chi connectivity index (χ2v) is 10.2. The van der Waals surface area contributed by atoms with E-state index in [-0.39, 0.29) is 18.8 Å². The van der Waals surface area contributed by atoms with Crippen LogP contribution in [-0.4, -0.2) is 47.0 Å². The molecule has 28 heavy (non-hydrogen) atoms. The van der Waals surface area contributed by atoms with Gasteiger partial charge in [0.05, 0.1) is 13.2 Å². The van der Waals surface area contributed by atoms with Gasteiger partial charge in [0.2, 0.25) is 0 Å². The molecule has 0 bridgehead atoms. The molecule has 0 heterocycles. The molecule has 0 aliphatic heterocycles. The number of hydrogen-bond donors (Lipinski definition) is 3. The topological polar surface area (TPSA) is 57.1 Å². The molecule has 1 aliphatic rings. The van der Waals surface area contributed by atoms with Gasteiger partial charge in [0.1, 0.15) is 12.1 Å². The Hall–Kier alpha value is 0.230. The second kappa shape index (κ2) is 18.0. The molecule has 0 aromatic carbocycles. The first-order valence-corrected chi connectivity index (χ1v) is 13.7. The van der Waals surface area contributed by atoms with Crippen LogP contribution in [0.1, 0.15) is 110 Å². The minimum Gasteiger partial charge on any atom is -0.390 e. The van der Waals surface area contributed by atoms with E-state index >= 15 is 0 Å². The zero-order chi connectivity index (χ0) is 20.5. The lowest BCUT2D eigenvalue weighted by Gasteiger charge is -2.33. The Morgan fingerprint density at radius 3 is 1.79 bits per heavy atom. The van der Waals surface area contributed by atoms with Crippen LogP contribution >= 0.6 is 11.8 Å². The van der Waals surface area contributed by atoms with Crippen molar-refractivity contribution in [3.8, 4) is 0 Å². The van der Waals surface area contributed by atoms with Gasteiger partial charge in [0, 0.05) is 5.25 Å². The first kappa shape index (κ1) is 26.3. The summed E-state index contributed by atoms with van der Waals surface area (Å²) >= 11 is 1.97. The molecule has 0 saturated heterocycles. The summed E-state index contributed by atoms with van der Waals surface area (Å²) in [5.74, 6) is 0.388. The van der Waals surface area contributed by atoms with Crippen molar-refractivity contribution >= 4 is 11.8 Å². The van der Waals surface area contributed by atoms with Crippen LogP contribution in [0.2, 0.25) is 0 Å². The lowest BCUT2D eigenvalue weighted by molar-refractivity contribution is -0.699. The quantitative estimate of drug-likeness (QED) is 0.279. The zero-order valence-electron chi connectivity index (χ0n) is 18.9. The standard InChI is InChI=1S/C24H49NO2S/c1-3-4-5-6-7-8-9-10-11-12-13-14-19-25-23(20-26)24(27)21-15-17-22(28-2)18-16-21/h21-27H,3-20H2,1-2H3/p+1. The minimum absolute atomic E-state index is 0.0245. The van der Waals surface area contributed by atoms with Crippen LogP contribution in [0, 0.1) is 5.92 Å². The number of thioether (sulfide) groups is 1. The molecule has 2 atom stereocenters. The van der Waals surface area contributed by atoms with Crippen molar-refractivity contribution in [1.82, 2.24) is 0 Å². The molecule has 4 N–H and O–H groups in total. The molecule has 1 rings (SSSR count). The summed E-state index contributed by atoms with van der Waals surface area (Å²) in [5, 5.41) is 23.4. The number of nitrogens with two attached hydrogens (primary N) is 1. The van der Waals surface area contributed by atoms with Gasteiger partial charge in [-0.1, -0.05) is 71.1 Å². The number of aliphatic hydroxyl groups excluding tert-OH is 2. The van der Waals surface area contributed by atoms with Gasteiger partial charge in [0.25, 0.3) is 0 Å². The predicted octanol–water partition coefficient (Wildman–Crippen LogP) is 4.89. The van der Waals surface area contributed by atoms with Gasteiger partial charge in [-0.05, 0) is 50.7 Å². The molecule has 168 valence electrons.